The van der Waals surface area contributed by atoms with Gasteiger partial charge in [-0.2, -0.15) is 0 Å². The lowest BCUT2D eigenvalue weighted by Crippen LogP contribution is -2.40. The van der Waals surface area contributed by atoms with Crippen LogP contribution in [0.5, 0.6) is 11.5 Å². The van der Waals surface area contributed by atoms with E-state index >= 15 is 0 Å². The van der Waals surface area contributed by atoms with E-state index in [1.54, 1.807) is 19.2 Å². The maximum absolute atomic E-state index is 11.5. The predicted molar refractivity (Wildman–Crippen MR) is 149 cm³/mol. The molecule has 2 unspecified atom stereocenters. The second-order valence-corrected chi connectivity index (χ2v) is 10.3. The summed E-state index contributed by atoms with van der Waals surface area (Å²) in [4.78, 5) is 11.5. The molecule has 0 aliphatic heterocycles. The van der Waals surface area contributed by atoms with E-state index in [-0.39, 0.29) is 12.0 Å². The number of hydrogen-bond acceptors (Lipinski definition) is 5. The molecule has 6 nitrogen and oxygen atoms in total. The summed E-state index contributed by atoms with van der Waals surface area (Å²) in [6.45, 7) is 4.03. The van der Waals surface area contributed by atoms with Crippen molar-refractivity contribution in [3.63, 3.8) is 0 Å². The highest BCUT2D eigenvalue weighted by atomic mass is 35.5. The predicted octanol–water partition coefficient (Wildman–Crippen LogP) is 6.98. The summed E-state index contributed by atoms with van der Waals surface area (Å²) in [5.74, 6) is 0.157. The first kappa shape index (κ1) is 27.1. The third-order valence-corrected chi connectivity index (χ3v) is 7.53. The Balaban J connectivity index is 1.59. The van der Waals surface area contributed by atoms with Crippen LogP contribution in [0.3, 0.4) is 0 Å². The number of carbonyl (C=O) groups is 1. The first-order valence-corrected chi connectivity index (χ1v) is 13.1. The molecule has 3 aromatic rings. The number of anilines is 1. The summed E-state index contributed by atoms with van der Waals surface area (Å²) < 4.78 is 12.0. The highest BCUT2D eigenvalue weighted by Gasteiger charge is 2.28. The molecule has 0 aromatic heterocycles. The van der Waals surface area contributed by atoms with E-state index in [0.29, 0.717) is 28.1 Å². The average Bonchev–Trinajstić information content (AvgIpc) is 3.28. The first-order valence-electron chi connectivity index (χ1n) is 12.3. The molecule has 8 heteroatoms. The molecule has 2 atom stereocenters. The highest BCUT2D eigenvalue weighted by molar-refractivity contribution is 6.36. The maximum Gasteiger partial charge on any atom is 0.320 e. The van der Waals surface area contributed by atoms with Crippen LogP contribution in [0.2, 0.25) is 10.0 Å². The van der Waals surface area contributed by atoms with Crippen molar-refractivity contribution in [1.29, 1.82) is 0 Å². The molecule has 1 aliphatic rings. The van der Waals surface area contributed by atoms with Crippen LogP contribution in [0.15, 0.2) is 48.5 Å². The quantitative estimate of drug-likeness (QED) is 0.256. The molecule has 3 N–H and O–H groups in total. The fourth-order valence-electron chi connectivity index (χ4n) is 4.90. The Morgan fingerprint density at radius 1 is 1.11 bits per heavy atom. The second-order valence-electron chi connectivity index (χ2n) is 9.47. The van der Waals surface area contributed by atoms with Gasteiger partial charge in [0, 0.05) is 30.8 Å². The van der Waals surface area contributed by atoms with Crippen LogP contribution in [0.1, 0.15) is 43.1 Å². The van der Waals surface area contributed by atoms with Gasteiger partial charge in [0.05, 0.1) is 22.8 Å². The van der Waals surface area contributed by atoms with E-state index < -0.39 is 12.0 Å². The third kappa shape index (κ3) is 5.66. The van der Waals surface area contributed by atoms with Crippen LogP contribution in [-0.4, -0.2) is 31.3 Å². The number of benzene rings is 3. The standard InChI is InChI=1S/C29H32Cl2N2O4/c1-16(2)28(29(34)35)33-15-17-13-22(30)26(14-25(17)36-4)37-24-12-11-19-18(7-5-8-20(19)24)21-9-6-10-23(32-3)27(21)31/h5-10,13-14,16,24,28,32-33H,11-12,15H2,1-4H3,(H,34,35). The Kier molecular flexibility index (Phi) is 8.53. The molecule has 0 radical (unpaired) electrons. The summed E-state index contributed by atoms with van der Waals surface area (Å²) in [6, 6.07) is 15.1. The monoisotopic (exact) mass is 542 g/mol. The topological polar surface area (TPSA) is 79.8 Å². The van der Waals surface area contributed by atoms with Gasteiger partial charge in [0.2, 0.25) is 0 Å². The minimum absolute atomic E-state index is 0.0653. The van der Waals surface area contributed by atoms with E-state index in [2.05, 4.69) is 22.8 Å². The lowest BCUT2D eigenvalue weighted by molar-refractivity contribution is -0.140. The van der Waals surface area contributed by atoms with Crippen molar-refractivity contribution in [1.82, 2.24) is 5.32 Å². The van der Waals surface area contributed by atoms with Crippen LogP contribution >= 0.6 is 23.2 Å². The summed E-state index contributed by atoms with van der Waals surface area (Å²) in [5.41, 5.74) is 6.09. The molecule has 0 spiro atoms. The van der Waals surface area contributed by atoms with E-state index in [4.69, 9.17) is 32.7 Å². The van der Waals surface area contributed by atoms with Crippen LogP contribution in [0.25, 0.3) is 11.1 Å². The number of methoxy groups -OCH3 is 1. The summed E-state index contributed by atoms with van der Waals surface area (Å²) in [5, 5.41) is 16.8. The van der Waals surface area contributed by atoms with Crippen LogP contribution in [0.4, 0.5) is 5.69 Å². The zero-order chi connectivity index (χ0) is 26.7. The number of carboxylic acid groups (broad SMARTS) is 1. The van der Waals surface area contributed by atoms with Crippen molar-refractivity contribution in [2.45, 2.75) is 45.4 Å². The number of hydrogen-bond donors (Lipinski definition) is 3. The number of ether oxygens (including phenoxy) is 2. The number of fused-ring (bicyclic) bond motifs is 1. The van der Waals surface area contributed by atoms with Crippen LogP contribution < -0.4 is 20.1 Å². The fourth-order valence-corrected chi connectivity index (χ4v) is 5.45. The lowest BCUT2D eigenvalue weighted by Gasteiger charge is -2.21. The number of halogens is 2. The van der Waals surface area contributed by atoms with Gasteiger partial charge in [-0.3, -0.25) is 10.1 Å². The molecule has 0 heterocycles. The van der Waals surface area contributed by atoms with E-state index in [1.807, 2.05) is 45.2 Å². The van der Waals surface area contributed by atoms with Gasteiger partial charge in [-0.25, -0.2) is 0 Å². The van der Waals surface area contributed by atoms with Crippen molar-refractivity contribution >= 4 is 34.9 Å². The Labute approximate surface area is 227 Å². The van der Waals surface area contributed by atoms with Gasteiger partial charge in [0.15, 0.2) is 0 Å². The van der Waals surface area contributed by atoms with Gasteiger partial charge in [0.25, 0.3) is 0 Å². The van der Waals surface area contributed by atoms with Crippen LogP contribution in [-0.2, 0) is 17.8 Å². The van der Waals surface area contributed by atoms with Gasteiger partial charge in [-0.15, -0.1) is 0 Å². The Morgan fingerprint density at radius 2 is 1.84 bits per heavy atom. The van der Waals surface area contributed by atoms with E-state index in [0.717, 1.165) is 40.8 Å². The van der Waals surface area contributed by atoms with E-state index in [9.17, 15) is 9.90 Å². The molecule has 0 saturated heterocycles. The van der Waals surface area contributed by atoms with Crippen molar-refractivity contribution < 1.29 is 19.4 Å². The molecule has 0 amide bonds. The number of aliphatic carboxylic acids is 1. The van der Waals surface area contributed by atoms with Gasteiger partial charge < -0.3 is 19.9 Å². The zero-order valence-corrected chi connectivity index (χ0v) is 22.9. The number of carboxylic acids is 1. The lowest BCUT2D eigenvalue weighted by atomic mass is 9.96. The second kappa shape index (κ2) is 11.6. The smallest absolute Gasteiger partial charge is 0.320 e. The number of nitrogens with one attached hydrogen (secondary N) is 2. The zero-order valence-electron chi connectivity index (χ0n) is 21.4. The molecule has 1 aliphatic carbocycles. The van der Waals surface area contributed by atoms with Crippen molar-refractivity contribution in [2.75, 3.05) is 19.5 Å². The molecule has 0 saturated carbocycles. The Bertz CT molecular complexity index is 1300. The highest BCUT2D eigenvalue weighted by Crippen LogP contribution is 2.44. The average molecular weight is 543 g/mol. The molecule has 37 heavy (non-hydrogen) atoms. The molecule has 0 fully saturated rings. The molecule has 196 valence electrons. The van der Waals surface area contributed by atoms with E-state index in [1.165, 1.54) is 5.56 Å². The van der Waals surface area contributed by atoms with Gasteiger partial charge >= 0.3 is 5.97 Å². The number of rotatable bonds is 10. The largest absolute Gasteiger partial charge is 0.496 e. The van der Waals surface area contributed by atoms with Crippen molar-refractivity contribution in [2.24, 2.45) is 5.92 Å². The van der Waals surface area contributed by atoms with Crippen LogP contribution in [0, 0.1) is 5.92 Å². The normalized spacial score (nSPS) is 15.4. The molecular formula is C29H32Cl2N2O4. The fraction of sp³-hybridized carbons (Fsp3) is 0.345. The Morgan fingerprint density at radius 3 is 2.51 bits per heavy atom. The van der Waals surface area contributed by atoms with Crippen molar-refractivity contribution in [3.05, 3.63) is 75.3 Å². The molecule has 3 aromatic carbocycles. The van der Waals surface area contributed by atoms with Gasteiger partial charge in [0.1, 0.15) is 23.6 Å². The molecule has 4 rings (SSSR count). The SMILES string of the molecule is CNc1cccc(-c2cccc3c2CCC3Oc2cc(OC)c(CNC(C(=O)O)C(C)C)cc2Cl)c1Cl. The summed E-state index contributed by atoms with van der Waals surface area (Å²) in [7, 11) is 3.44. The first-order chi connectivity index (χ1) is 17.7. The van der Waals surface area contributed by atoms with Gasteiger partial charge in [-0.05, 0) is 47.6 Å². The minimum atomic E-state index is -0.891. The Hall–Kier alpha value is -2.93. The van der Waals surface area contributed by atoms with Crippen molar-refractivity contribution in [3.8, 4) is 22.6 Å². The third-order valence-electron chi connectivity index (χ3n) is 6.82. The minimum Gasteiger partial charge on any atom is -0.496 e. The summed E-state index contributed by atoms with van der Waals surface area (Å²) in [6.07, 6.45) is 1.51. The summed E-state index contributed by atoms with van der Waals surface area (Å²) >= 11 is 13.3. The molecule has 0 bridgehead atoms. The maximum atomic E-state index is 11.5. The molecular weight excluding hydrogens is 511 g/mol. The van der Waals surface area contributed by atoms with Gasteiger partial charge in [-0.1, -0.05) is 67.4 Å².